The Hall–Kier alpha value is -2.34. The number of carbonyl (C=O) groups is 2. The maximum absolute atomic E-state index is 13.2. The lowest BCUT2D eigenvalue weighted by atomic mass is 9.73. The van der Waals surface area contributed by atoms with Crippen molar-refractivity contribution in [1.29, 1.82) is 0 Å². The van der Waals surface area contributed by atoms with E-state index in [2.05, 4.69) is 15.9 Å². The number of thiazole rings is 1. The third-order valence-electron chi connectivity index (χ3n) is 7.19. The van der Waals surface area contributed by atoms with Crippen molar-refractivity contribution in [2.45, 2.75) is 98.5 Å². The number of cyclic esters (lactones) is 1. The third-order valence-corrected chi connectivity index (χ3v) is 8.04. The Morgan fingerprint density at radius 3 is 2.69 bits per heavy atom. The predicted molar refractivity (Wildman–Crippen MR) is 142 cm³/mol. The highest BCUT2D eigenvalue weighted by atomic mass is 32.1. The van der Waals surface area contributed by atoms with E-state index in [9.17, 15) is 19.8 Å². The molecule has 2 N–H and O–H groups in total. The van der Waals surface area contributed by atoms with Crippen LogP contribution in [-0.2, 0) is 20.9 Å². The number of Topliss-reactive ketones (excluding diaryl/α,β-unsaturated/α-hetero) is 1. The van der Waals surface area contributed by atoms with Crippen molar-refractivity contribution >= 4 is 29.2 Å². The lowest BCUT2D eigenvalue weighted by molar-refractivity contribution is -0.154. The molecule has 0 aliphatic carbocycles. The number of ketones is 1. The van der Waals surface area contributed by atoms with E-state index in [0.717, 1.165) is 35.4 Å². The standard InChI is InChI=1S/C28H40N2O5S/c1-17-9-8-10-18(2)26(33)20(4)27(34)28(5,6)23(31)14-25(32)35-22(12-11-17)19(3)13-21-16-36-24(30-21)15-29-7/h11,13,16,18,20,22-23,26,31,33H,8-10,12,14-15H2,1-6H3/t18-,20+,22-,23?,26?/m0/s1. The number of carbonyl (C=O) groups excluding carboxylic acids is 2. The van der Waals surface area contributed by atoms with Crippen molar-refractivity contribution < 1.29 is 24.5 Å². The first-order valence-corrected chi connectivity index (χ1v) is 13.5. The number of esters is 1. The van der Waals surface area contributed by atoms with Crippen LogP contribution in [0.4, 0.5) is 0 Å². The van der Waals surface area contributed by atoms with Gasteiger partial charge in [0.15, 0.2) is 5.01 Å². The van der Waals surface area contributed by atoms with Crippen LogP contribution in [-0.4, -0.2) is 45.3 Å². The zero-order valence-electron chi connectivity index (χ0n) is 22.3. The first-order chi connectivity index (χ1) is 16.9. The van der Waals surface area contributed by atoms with Gasteiger partial charge in [-0.3, -0.25) is 9.59 Å². The van der Waals surface area contributed by atoms with Gasteiger partial charge in [0.05, 0.1) is 29.7 Å². The van der Waals surface area contributed by atoms with E-state index >= 15 is 0 Å². The van der Waals surface area contributed by atoms with Crippen molar-refractivity contribution in [3.05, 3.63) is 44.7 Å². The molecule has 0 spiro atoms. The summed E-state index contributed by atoms with van der Waals surface area (Å²) < 4.78 is 5.81. The number of aromatic nitrogens is 1. The van der Waals surface area contributed by atoms with E-state index in [1.807, 2.05) is 32.2 Å². The number of nitrogens with zero attached hydrogens (tertiary/aromatic N) is 2. The second-order valence-corrected chi connectivity index (χ2v) is 11.5. The number of allylic oxidation sites excluding steroid dienone is 1. The van der Waals surface area contributed by atoms with Gasteiger partial charge >= 0.3 is 5.97 Å². The second kappa shape index (κ2) is 13.3. The Kier molecular flexibility index (Phi) is 11.0. The molecular formula is C28H40N2O5S. The van der Waals surface area contributed by atoms with Gasteiger partial charge in [0.25, 0.3) is 6.54 Å². The van der Waals surface area contributed by atoms with Crippen LogP contribution in [0.15, 0.2) is 22.6 Å². The molecule has 0 aromatic carbocycles. The van der Waals surface area contributed by atoms with Crippen LogP contribution in [0, 0.1) is 23.8 Å². The van der Waals surface area contributed by atoms with Gasteiger partial charge in [-0.15, -0.1) is 11.3 Å². The molecule has 2 unspecified atom stereocenters. The smallest absolute Gasteiger partial charge is 0.309 e. The molecule has 8 heteroatoms. The molecule has 1 aromatic rings. The van der Waals surface area contributed by atoms with Gasteiger partial charge < -0.3 is 19.8 Å². The van der Waals surface area contributed by atoms with Crippen LogP contribution in [0.25, 0.3) is 10.9 Å². The Balaban J connectivity index is 2.33. The van der Waals surface area contributed by atoms with Crippen LogP contribution in [0.2, 0.25) is 0 Å². The van der Waals surface area contributed by atoms with Gasteiger partial charge in [-0.2, -0.15) is 0 Å². The van der Waals surface area contributed by atoms with E-state index in [4.69, 9.17) is 11.3 Å². The van der Waals surface area contributed by atoms with Gasteiger partial charge in [-0.1, -0.05) is 39.3 Å². The number of ether oxygens (including phenoxy) is 1. The Labute approximate surface area is 219 Å². The average molecular weight is 517 g/mol. The minimum absolute atomic E-state index is 0.0636. The molecule has 1 aromatic heterocycles. The van der Waals surface area contributed by atoms with Crippen molar-refractivity contribution in [2.75, 3.05) is 0 Å². The summed E-state index contributed by atoms with van der Waals surface area (Å²) in [4.78, 5) is 33.9. The molecule has 7 nitrogen and oxygen atoms in total. The number of hydrogen-bond donors (Lipinski definition) is 2. The first kappa shape index (κ1) is 29.9. The molecule has 0 saturated heterocycles. The maximum atomic E-state index is 13.2. The Morgan fingerprint density at radius 1 is 1.33 bits per heavy atom. The molecule has 0 radical (unpaired) electrons. The number of aliphatic hydroxyl groups excluding tert-OH is 2. The molecule has 0 amide bonds. The fourth-order valence-electron chi connectivity index (χ4n) is 4.49. The zero-order valence-corrected chi connectivity index (χ0v) is 23.1. The SMILES string of the molecule is [C-]#[N+]Cc1nc(C=C(C)[C@@H]2CC=C(C)CCC[C@H](C)C(O)[C@@H](C)C(=O)C(C)(C)C(O)CC(=O)O2)cs1. The number of aliphatic hydroxyl groups is 2. The van der Waals surface area contributed by atoms with Crippen LogP contribution in [0.1, 0.15) is 84.3 Å². The molecular weight excluding hydrogens is 476 g/mol. The van der Waals surface area contributed by atoms with Gasteiger partial charge in [0, 0.05) is 17.7 Å². The monoisotopic (exact) mass is 516 g/mol. The molecule has 198 valence electrons. The summed E-state index contributed by atoms with van der Waals surface area (Å²) in [5.74, 6) is -1.58. The molecule has 0 saturated carbocycles. The molecule has 1 aliphatic rings. The summed E-state index contributed by atoms with van der Waals surface area (Å²) in [6, 6.07) is 0. The van der Waals surface area contributed by atoms with Gasteiger partial charge in [-0.25, -0.2) is 11.6 Å². The molecule has 5 atom stereocenters. The Bertz CT molecular complexity index is 1020. The summed E-state index contributed by atoms with van der Waals surface area (Å²) in [5, 5.41) is 24.2. The molecule has 2 rings (SSSR count). The topological polar surface area (TPSA) is 101 Å². The minimum atomic E-state index is -1.24. The van der Waals surface area contributed by atoms with Gasteiger partial charge in [-0.05, 0) is 50.7 Å². The normalized spacial score (nSPS) is 29.2. The Morgan fingerprint density at radius 2 is 2.03 bits per heavy atom. The van der Waals surface area contributed by atoms with E-state index in [0.29, 0.717) is 12.1 Å². The molecule has 0 fully saturated rings. The quantitative estimate of drug-likeness (QED) is 0.318. The average Bonchev–Trinajstić information content (AvgIpc) is 3.26. The summed E-state index contributed by atoms with van der Waals surface area (Å²) in [5.41, 5.74) is 1.47. The van der Waals surface area contributed by atoms with Crippen molar-refractivity contribution in [3.63, 3.8) is 0 Å². The molecule has 0 bridgehead atoms. The molecule has 1 aliphatic heterocycles. The predicted octanol–water partition coefficient (Wildman–Crippen LogP) is 5.38. The van der Waals surface area contributed by atoms with Gasteiger partial charge in [0.2, 0.25) is 0 Å². The first-order valence-electron chi connectivity index (χ1n) is 12.6. The van der Waals surface area contributed by atoms with E-state index < -0.39 is 35.6 Å². The van der Waals surface area contributed by atoms with Crippen molar-refractivity contribution in [2.24, 2.45) is 17.3 Å². The molecule has 2 heterocycles. The number of rotatable bonds is 3. The maximum Gasteiger partial charge on any atom is 0.309 e. The van der Waals surface area contributed by atoms with Crippen LogP contribution >= 0.6 is 11.3 Å². The van der Waals surface area contributed by atoms with E-state index in [1.54, 1.807) is 20.8 Å². The van der Waals surface area contributed by atoms with Crippen LogP contribution < -0.4 is 0 Å². The fraction of sp³-hybridized carbons (Fsp3) is 0.643. The van der Waals surface area contributed by atoms with Crippen molar-refractivity contribution in [3.8, 4) is 0 Å². The highest BCUT2D eigenvalue weighted by Gasteiger charge is 2.42. The second-order valence-electron chi connectivity index (χ2n) is 10.6. The summed E-state index contributed by atoms with van der Waals surface area (Å²) in [7, 11) is 0. The van der Waals surface area contributed by atoms with E-state index in [-0.39, 0.29) is 24.7 Å². The minimum Gasteiger partial charge on any atom is -0.457 e. The van der Waals surface area contributed by atoms with Gasteiger partial charge in [0.1, 0.15) is 11.9 Å². The fourth-order valence-corrected chi connectivity index (χ4v) is 5.16. The van der Waals surface area contributed by atoms with Crippen LogP contribution in [0.5, 0.6) is 0 Å². The van der Waals surface area contributed by atoms with Crippen molar-refractivity contribution in [1.82, 2.24) is 4.98 Å². The highest BCUT2D eigenvalue weighted by molar-refractivity contribution is 7.09. The summed E-state index contributed by atoms with van der Waals surface area (Å²) in [6.07, 6.45) is 3.98. The summed E-state index contributed by atoms with van der Waals surface area (Å²) >= 11 is 1.42. The van der Waals surface area contributed by atoms with E-state index in [1.165, 1.54) is 11.3 Å². The third kappa shape index (κ3) is 8.09. The molecule has 36 heavy (non-hydrogen) atoms. The summed E-state index contributed by atoms with van der Waals surface area (Å²) in [6.45, 7) is 18.0. The zero-order chi connectivity index (χ0) is 27.0. The largest absolute Gasteiger partial charge is 0.457 e. The lowest BCUT2D eigenvalue weighted by Gasteiger charge is -2.34. The number of hydrogen-bond acceptors (Lipinski definition) is 7. The van der Waals surface area contributed by atoms with Crippen LogP contribution in [0.3, 0.4) is 0 Å². The lowest BCUT2D eigenvalue weighted by Crippen LogP contribution is -2.45. The highest BCUT2D eigenvalue weighted by Crippen LogP contribution is 2.32.